The Hall–Kier alpha value is -1.67. The van der Waals surface area contributed by atoms with Gasteiger partial charge in [-0.2, -0.15) is 0 Å². The molecule has 2 heteroatoms. The van der Waals surface area contributed by atoms with Gasteiger partial charge in [-0.3, -0.25) is 0 Å². The molecule has 1 rings (SSSR count). The zero-order valence-electron chi connectivity index (χ0n) is 19.9. The molecule has 0 N–H and O–H groups in total. The summed E-state index contributed by atoms with van der Waals surface area (Å²) in [5, 5.41) is 0. The van der Waals surface area contributed by atoms with Crippen LogP contribution in [0.1, 0.15) is 51.7 Å². The van der Waals surface area contributed by atoms with Crippen LogP contribution in [0, 0.1) is 46.6 Å². The van der Waals surface area contributed by atoms with Crippen LogP contribution in [0.4, 0.5) is 0 Å². The maximum absolute atomic E-state index is 3.41. The van der Waals surface area contributed by atoms with Crippen molar-refractivity contribution < 1.29 is 0 Å². The molecule has 152 valence electrons. The van der Waals surface area contributed by atoms with Crippen LogP contribution in [0.5, 0.6) is 0 Å². The van der Waals surface area contributed by atoms with Gasteiger partial charge in [-0.05, 0) is 25.0 Å². The van der Waals surface area contributed by atoms with Gasteiger partial charge in [0.2, 0.25) is 0 Å². The van der Waals surface area contributed by atoms with Crippen molar-refractivity contribution >= 4 is 16.1 Å². The molecule has 0 saturated carbocycles. The van der Waals surface area contributed by atoms with Crippen molar-refractivity contribution in [2.75, 3.05) is 0 Å². The van der Waals surface area contributed by atoms with E-state index in [9.17, 15) is 0 Å². The maximum Gasteiger partial charge on any atom is 0.129 e. The minimum atomic E-state index is -1.32. The van der Waals surface area contributed by atoms with Crippen molar-refractivity contribution in [2.24, 2.45) is 11.8 Å². The molecule has 2 unspecified atom stereocenters. The first-order chi connectivity index (χ1) is 12.9. The molecule has 0 aliphatic rings. The first-order valence-corrected chi connectivity index (χ1v) is 17.5. The fourth-order valence-corrected chi connectivity index (χ4v) is 2.72. The van der Waals surface area contributed by atoms with Crippen LogP contribution in [0.25, 0.3) is 0 Å². The van der Waals surface area contributed by atoms with E-state index in [-0.39, 0.29) is 0 Å². The molecule has 0 saturated heterocycles. The van der Waals surface area contributed by atoms with Crippen LogP contribution in [0.15, 0.2) is 24.3 Å². The van der Waals surface area contributed by atoms with E-state index < -0.39 is 16.1 Å². The molecule has 0 heterocycles. The summed E-state index contributed by atoms with van der Waals surface area (Å²) in [7, 11) is -2.65. The Balaban J connectivity index is 0.000000621. The summed E-state index contributed by atoms with van der Waals surface area (Å²) in [4.78, 5) is 0. The lowest BCUT2D eigenvalue weighted by atomic mass is 10.1. The van der Waals surface area contributed by atoms with E-state index in [2.05, 4.69) is 114 Å². The molecule has 0 radical (unpaired) electrons. The number of benzene rings is 1. The SMILES string of the molecule is CCC(C)C#CC(C)CC.C[Si](C)(C)C#Cc1ccccc1C#C[Si](C)(C)C. The van der Waals surface area contributed by atoms with Crippen molar-refractivity contribution in [1.29, 1.82) is 0 Å². The summed E-state index contributed by atoms with van der Waals surface area (Å²) >= 11 is 0. The van der Waals surface area contributed by atoms with Crippen molar-refractivity contribution in [3.63, 3.8) is 0 Å². The predicted octanol–water partition coefficient (Wildman–Crippen LogP) is 7.23. The Morgan fingerprint density at radius 3 is 1.25 bits per heavy atom. The van der Waals surface area contributed by atoms with E-state index in [0.717, 1.165) is 11.1 Å². The molecule has 0 aliphatic carbocycles. The van der Waals surface area contributed by atoms with E-state index in [1.807, 2.05) is 12.1 Å². The van der Waals surface area contributed by atoms with Crippen LogP contribution in [-0.2, 0) is 0 Å². The fourth-order valence-electron chi connectivity index (χ4n) is 1.70. The third-order valence-electron chi connectivity index (χ3n) is 3.87. The van der Waals surface area contributed by atoms with Crippen molar-refractivity contribution in [3.8, 4) is 34.8 Å². The largest absolute Gasteiger partial charge is 0.129 e. The number of hydrogen-bond donors (Lipinski definition) is 0. The normalized spacial score (nSPS) is 12.5. The van der Waals surface area contributed by atoms with Crippen molar-refractivity contribution in [2.45, 2.75) is 79.8 Å². The summed E-state index contributed by atoms with van der Waals surface area (Å²) in [6, 6.07) is 8.21. The van der Waals surface area contributed by atoms with Crippen LogP contribution in [0.2, 0.25) is 39.3 Å². The number of hydrogen-bond acceptors (Lipinski definition) is 0. The zero-order valence-corrected chi connectivity index (χ0v) is 21.9. The smallest absolute Gasteiger partial charge is 0.127 e. The predicted molar refractivity (Wildman–Crippen MR) is 134 cm³/mol. The lowest BCUT2D eigenvalue weighted by molar-refractivity contribution is 0.698. The third kappa shape index (κ3) is 14.4. The molecule has 0 nitrogen and oxygen atoms in total. The maximum atomic E-state index is 3.41. The summed E-state index contributed by atoms with van der Waals surface area (Å²) in [6.45, 7) is 22.3. The van der Waals surface area contributed by atoms with Gasteiger partial charge in [0.05, 0.1) is 0 Å². The molecule has 0 bridgehead atoms. The van der Waals surface area contributed by atoms with Gasteiger partial charge in [-0.25, -0.2) is 0 Å². The van der Waals surface area contributed by atoms with Gasteiger partial charge in [-0.15, -0.1) is 11.1 Å². The highest BCUT2D eigenvalue weighted by molar-refractivity contribution is 6.84. The molecule has 0 fully saturated rings. The lowest BCUT2D eigenvalue weighted by Gasteiger charge is -2.05. The average molecular weight is 409 g/mol. The minimum absolute atomic E-state index is 0.578. The van der Waals surface area contributed by atoms with E-state index in [1.54, 1.807) is 0 Å². The van der Waals surface area contributed by atoms with Crippen LogP contribution >= 0.6 is 0 Å². The molecule has 2 atom stereocenters. The summed E-state index contributed by atoms with van der Waals surface area (Å²) in [5.41, 5.74) is 8.97. The monoisotopic (exact) mass is 408 g/mol. The van der Waals surface area contributed by atoms with Crippen molar-refractivity contribution in [1.82, 2.24) is 0 Å². The molecule has 28 heavy (non-hydrogen) atoms. The first-order valence-electron chi connectivity index (χ1n) is 10.5. The van der Waals surface area contributed by atoms with Gasteiger partial charge in [0.1, 0.15) is 16.1 Å². The van der Waals surface area contributed by atoms with Crippen molar-refractivity contribution in [3.05, 3.63) is 35.4 Å². The second kappa shape index (κ2) is 12.7. The molecule has 0 amide bonds. The summed E-state index contributed by atoms with van der Waals surface area (Å²) < 4.78 is 0. The van der Waals surface area contributed by atoms with Crippen LogP contribution in [0.3, 0.4) is 0 Å². The Morgan fingerprint density at radius 2 is 1.00 bits per heavy atom. The Bertz CT molecular complexity index is 707. The quantitative estimate of drug-likeness (QED) is 0.358. The third-order valence-corrected chi connectivity index (χ3v) is 5.62. The molecule has 0 spiro atoms. The molecule has 1 aromatic rings. The molecular formula is C26H40Si2. The highest BCUT2D eigenvalue weighted by Gasteiger charge is 2.09. The second-order valence-electron chi connectivity index (χ2n) is 9.45. The standard InChI is InChI=1S/C16H22Si2.C10H18/c1-17(2,3)13-11-15-9-7-8-10-16(15)12-14-18(4,5)6;1-5-9(3)7-8-10(4)6-2/h7-10H,1-6H3;9-10H,5-6H2,1-4H3. The topological polar surface area (TPSA) is 0 Å². The fraction of sp³-hybridized carbons (Fsp3) is 0.538. The molecular weight excluding hydrogens is 368 g/mol. The van der Waals surface area contributed by atoms with E-state index >= 15 is 0 Å². The van der Waals surface area contributed by atoms with E-state index in [1.165, 1.54) is 12.8 Å². The van der Waals surface area contributed by atoms with Gasteiger partial charge in [-0.1, -0.05) is 103 Å². The Labute approximate surface area is 177 Å². The van der Waals surface area contributed by atoms with E-state index in [4.69, 9.17) is 0 Å². The highest BCUT2D eigenvalue weighted by atomic mass is 28.3. The average Bonchev–Trinajstić information content (AvgIpc) is 2.62. The van der Waals surface area contributed by atoms with Gasteiger partial charge in [0.15, 0.2) is 0 Å². The Kier molecular flexibility index (Phi) is 12.0. The summed E-state index contributed by atoms with van der Waals surface area (Å²) in [6.07, 6.45) is 2.34. The molecule has 1 aromatic carbocycles. The molecule has 0 aromatic heterocycles. The van der Waals surface area contributed by atoms with Gasteiger partial charge in [0, 0.05) is 23.0 Å². The second-order valence-corrected chi connectivity index (χ2v) is 19.0. The highest BCUT2D eigenvalue weighted by Crippen LogP contribution is 2.08. The Morgan fingerprint density at radius 1 is 0.679 bits per heavy atom. The minimum Gasteiger partial charge on any atom is -0.127 e. The van der Waals surface area contributed by atoms with Gasteiger partial charge in [0.25, 0.3) is 0 Å². The van der Waals surface area contributed by atoms with Crippen LogP contribution < -0.4 is 0 Å². The molecule has 0 aliphatic heterocycles. The van der Waals surface area contributed by atoms with E-state index in [0.29, 0.717) is 11.8 Å². The van der Waals surface area contributed by atoms with Gasteiger partial charge < -0.3 is 0 Å². The summed E-state index contributed by atoms with van der Waals surface area (Å²) in [5.74, 6) is 14.2. The van der Waals surface area contributed by atoms with Gasteiger partial charge >= 0.3 is 0 Å². The lowest BCUT2D eigenvalue weighted by Crippen LogP contribution is -2.16. The van der Waals surface area contributed by atoms with Crippen LogP contribution in [-0.4, -0.2) is 16.1 Å². The number of rotatable bonds is 2. The first kappa shape index (κ1) is 26.3. The zero-order chi connectivity index (χ0) is 21.8.